The normalized spacial score (nSPS) is 12.1. The van der Waals surface area contributed by atoms with Crippen LogP contribution in [0.1, 0.15) is 12.0 Å². The van der Waals surface area contributed by atoms with Gasteiger partial charge in [-0.3, -0.25) is 0 Å². The molecule has 0 aliphatic carbocycles. The molecule has 0 aliphatic rings. The smallest absolute Gasteiger partial charge is 0.376 e. The molecule has 30 heavy (non-hydrogen) atoms. The van der Waals surface area contributed by atoms with Crippen molar-refractivity contribution in [2.24, 2.45) is 0 Å². The van der Waals surface area contributed by atoms with E-state index in [9.17, 15) is 22.4 Å². The summed E-state index contributed by atoms with van der Waals surface area (Å²) in [5.74, 6) is -3.29. The van der Waals surface area contributed by atoms with Gasteiger partial charge in [-0.1, -0.05) is 12.1 Å². The fraction of sp³-hybridized carbons (Fsp3) is 0.211. The number of esters is 1. The van der Waals surface area contributed by atoms with E-state index in [-0.39, 0.29) is 16.9 Å². The van der Waals surface area contributed by atoms with Crippen LogP contribution in [0.3, 0.4) is 0 Å². The molecule has 158 valence electrons. The topological polar surface area (TPSA) is 75.5 Å². The highest BCUT2D eigenvalue weighted by Gasteiger charge is 2.32. The second kappa shape index (κ2) is 8.91. The number of benzene rings is 1. The molecule has 1 aromatic carbocycles. The number of rotatable bonds is 7. The Balaban J connectivity index is 2.26. The zero-order valence-electron chi connectivity index (χ0n) is 15.7. The molecule has 2 heterocycles. The average Bonchev–Trinajstić information content (AvgIpc) is 3.11. The zero-order chi connectivity index (χ0) is 21.8. The number of carbonyl (C=O) groups is 1. The van der Waals surface area contributed by atoms with Crippen LogP contribution in [-0.2, 0) is 14.3 Å². The number of para-hydroxylation sites is 1. The average molecular weight is 425 g/mol. The van der Waals surface area contributed by atoms with Crippen LogP contribution < -0.4 is 4.74 Å². The molecule has 11 heteroatoms. The summed E-state index contributed by atoms with van der Waals surface area (Å²) in [6, 6.07) is 7.43. The van der Waals surface area contributed by atoms with E-state index in [2.05, 4.69) is 14.8 Å². The minimum Gasteiger partial charge on any atom is -0.464 e. The van der Waals surface area contributed by atoms with Gasteiger partial charge in [0.15, 0.2) is 0 Å². The van der Waals surface area contributed by atoms with Gasteiger partial charge >= 0.3 is 12.3 Å². The summed E-state index contributed by atoms with van der Waals surface area (Å²) < 4.78 is 71.2. The van der Waals surface area contributed by atoms with E-state index >= 15 is 0 Å². The quantitative estimate of drug-likeness (QED) is 0.249. The first-order valence-electron chi connectivity index (χ1n) is 8.42. The number of pyridine rings is 1. The lowest BCUT2D eigenvalue weighted by Gasteiger charge is -2.14. The molecule has 0 spiro atoms. The number of halogens is 4. The van der Waals surface area contributed by atoms with Crippen molar-refractivity contribution in [3.63, 3.8) is 0 Å². The van der Waals surface area contributed by atoms with Gasteiger partial charge in [0.05, 0.1) is 12.8 Å². The van der Waals surface area contributed by atoms with Crippen molar-refractivity contribution in [3.8, 4) is 22.8 Å². The number of hydrogen-bond acceptors (Lipinski definition) is 6. The van der Waals surface area contributed by atoms with Crippen molar-refractivity contribution in [2.45, 2.75) is 12.7 Å². The summed E-state index contributed by atoms with van der Waals surface area (Å²) in [6.45, 7) is 0. The van der Waals surface area contributed by atoms with Gasteiger partial charge < -0.3 is 14.2 Å². The number of ether oxygens (including phenoxy) is 3. The fourth-order valence-electron chi connectivity index (χ4n) is 2.68. The van der Waals surface area contributed by atoms with Gasteiger partial charge in [-0.05, 0) is 24.3 Å². The predicted octanol–water partition coefficient (Wildman–Crippen LogP) is 3.67. The van der Waals surface area contributed by atoms with E-state index in [1.165, 1.54) is 24.3 Å². The van der Waals surface area contributed by atoms with Crippen LogP contribution in [0.25, 0.3) is 16.9 Å². The molecule has 0 unspecified atom stereocenters. The fourth-order valence-corrected chi connectivity index (χ4v) is 2.68. The molecule has 2 aromatic heterocycles. The number of alkyl halides is 2. The standard InChI is InChI=1S/C19H15F4N3O4/c1-28-18(27)19(29-2)30-17-14(16(22)23)15(10-7-8-13(21)24-9-10)26(25-17)12-6-4-3-5-11(12)20/h3-9,16,19H,1-2H3/t19-/m1/s1. The first-order valence-corrected chi connectivity index (χ1v) is 8.42. The molecule has 0 fully saturated rings. The van der Waals surface area contributed by atoms with Crippen molar-refractivity contribution in [1.82, 2.24) is 14.8 Å². The molecule has 0 saturated carbocycles. The van der Waals surface area contributed by atoms with Gasteiger partial charge in [0.2, 0.25) is 11.8 Å². The maximum absolute atomic E-state index is 14.4. The molecule has 3 aromatic rings. The minimum absolute atomic E-state index is 0.0179. The highest BCUT2D eigenvalue weighted by Crippen LogP contribution is 2.40. The highest BCUT2D eigenvalue weighted by atomic mass is 19.3. The Labute approximate surface area is 167 Å². The van der Waals surface area contributed by atoms with Crippen LogP contribution in [0.4, 0.5) is 17.6 Å². The maximum atomic E-state index is 14.4. The van der Waals surface area contributed by atoms with Crippen molar-refractivity contribution in [3.05, 3.63) is 59.9 Å². The Morgan fingerprint density at radius 1 is 1.10 bits per heavy atom. The largest absolute Gasteiger partial charge is 0.464 e. The molecule has 0 N–H and O–H groups in total. The van der Waals surface area contributed by atoms with E-state index in [0.717, 1.165) is 37.2 Å². The first-order chi connectivity index (χ1) is 14.4. The molecule has 1 atom stereocenters. The van der Waals surface area contributed by atoms with Crippen LogP contribution in [0.2, 0.25) is 0 Å². The van der Waals surface area contributed by atoms with Crippen LogP contribution in [0, 0.1) is 11.8 Å². The first kappa shape index (κ1) is 21.2. The summed E-state index contributed by atoms with van der Waals surface area (Å²) in [4.78, 5) is 15.2. The SMILES string of the molecule is COC(=O)[C@H](OC)Oc1nn(-c2ccccc2F)c(-c2ccc(F)nc2)c1C(F)F. The molecule has 0 saturated heterocycles. The summed E-state index contributed by atoms with van der Waals surface area (Å²) >= 11 is 0. The predicted molar refractivity (Wildman–Crippen MR) is 95.1 cm³/mol. The Hall–Kier alpha value is -3.47. The molecule has 0 amide bonds. The Morgan fingerprint density at radius 2 is 1.83 bits per heavy atom. The van der Waals surface area contributed by atoms with E-state index in [4.69, 9.17) is 9.47 Å². The molecule has 3 rings (SSSR count). The summed E-state index contributed by atoms with van der Waals surface area (Å²) in [5.41, 5.74) is -1.22. The monoisotopic (exact) mass is 425 g/mol. The van der Waals surface area contributed by atoms with E-state index < -0.39 is 41.9 Å². The van der Waals surface area contributed by atoms with Gasteiger partial charge in [-0.25, -0.2) is 27.6 Å². The van der Waals surface area contributed by atoms with Crippen molar-refractivity contribution in [2.75, 3.05) is 14.2 Å². The third kappa shape index (κ3) is 4.10. The van der Waals surface area contributed by atoms with Crippen LogP contribution >= 0.6 is 0 Å². The molecular weight excluding hydrogens is 410 g/mol. The molecule has 0 radical (unpaired) electrons. The maximum Gasteiger partial charge on any atom is 0.376 e. The van der Waals surface area contributed by atoms with Crippen LogP contribution in [0.15, 0.2) is 42.6 Å². The molecule has 0 bridgehead atoms. The second-order valence-electron chi connectivity index (χ2n) is 5.81. The van der Waals surface area contributed by atoms with Gasteiger partial charge in [0, 0.05) is 18.9 Å². The van der Waals surface area contributed by atoms with Gasteiger partial charge in [0.1, 0.15) is 17.1 Å². The minimum atomic E-state index is -3.16. The number of hydrogen-bond donors (Lipinski definition) is 0. The lowest BCUT2D eigenvalue weighted by molar-refractivity contribution is -0.170. The Morgan fingerprint density at radius 3 is 2.40 bits per heavy atom. The van der Waals surface area contributed by atoms with Crippen LogP contribution in [0.5, 0.6) is 5.88 Å². The van der Waals surface area contributed by atoms with Crippen molar-refractivity contribution < 1.29 is 36.6 Å². The van der Waals surface area contributed by atoms with Crippen molar-refractivity contribution >= 4 is 5.97 Å². The number of methoxy groups -OCH3 is 2. The van der Waals surface area contributed by atoms with Gasteiger partial charge in [0.25, 0.3) is 6.43 Å². The lowest BCUT2D eigenvalue weighted by atomic mass is 10.1. The van der Waals surface area contributed by atoms with E-state index in [1.807, 2.05) is 0 Å². The summed E-state index contributed by atoms with van der Waals surface area (Å²) in [5, 5.41) is 3.93. The molecular formula is C19H15F4N3O4. The lowest BCUT2D eigenvalue weighted by Crippen LogP contribution is -2.30. The van der Waals surface area contributed by atoms with E-state index in [1.54, 1.807) is 0 Å². The number of carbonyl (C=O) groups excluding carboxylic acids is 1. The Kier molecular flexibility index (Phi) is 6.31. The third-order valence-corrected chi connectivity index (χ3v) is 4.01. The second-order valence-corrected chi connectivity index (χ2v) is 5.81. The molecule has 0 aliphatic heterocycles. The van der Waals surface area contributed by atoms with Gasteiger partial charge in [-0.2, -0.15) is 4.39 Å². The van der Waals surface area contributed by atoms with Gasteiger partial charge in [-0.15, -0.1) is 5.10 Å². The highest BCUT2D eigenvalue weighted by molar-refractivity contribution is 5.74. The Bertz CT molecular complexity index is 1040. The number of aromatic nitrogens is 3. The van der Waals surface area contributed by atoms with E-state index in [0.29, 0.717) is 0 Å². The molecule has 7 nitrogen and oxygen atoms in total. The third-order valence-electron chi connectivity index (χ3n) is 4.01. The summed E-state index contributed by atoms with van der Waals surface area (Å²) in [6.07, 6.45) is -3.86. The van der Waals surface area contributed by atoms with Crippen LogP contribution in [-0.4, -0.2) is 41.2 Å². The summed E-state index contributed by atoms with van der Waals surface area (Å²) in [7, 11) is 2.15. The zero-order valence-corrected chi connectivity index (χ0v) is 15.7. The number of nitrogens with zero attached hydrogens (tertiary/aromatic N) is 3. The van der Waals surface area contributed by atoms with Crippen molar-refractivity contribution in [1.29, 1.82) is 0 Å².